The van der Waals surface area contributed by atoms with E-state index in [4.69, 9.17) is 16.3 Å². The molecule has 0 saturated carbocycles. The molecular weight excluding hydrogens is 348 g/mol. The van der Waals surface area contributed by atoms with Crippen LogP contribution in [0.5, 0.6) is 5.75 Å². The van der Waals surface area contributed by atoms with E-state index in [0.29, 0.717) is 28.3 Å². The average Bonchev–Trinajstić information content (AvgIpc) is 2.92. The van der Waals surface area contributed by atoms with Gasteiger partial charge in [-0.15, -0.1) is 16.8 Å². The Kier molecular flexibility index (Phi) is 6.69. The quantitative estimate of drug-likeness (QED) is 0.574. The fourth-order valence-electron chi connectivity index (χ4n) is 1.78. The molecule has 1 aromatic carbocycles. The number of nitrogens with zero attached hydrogens (tertiary/aromatic N) is 3. The second-order valence-corrected chi connectivity index (χ2v) is 6.74. The molecule has 0 unspecified atom stereocenters. The first-order chi connectivity index (χ1) is 11.5. The highest BCUT2D eigenvalue weighted by Gasteiger charge is 2.18. The molecule has 1 atom stereocenters. The van der Waals surface area contributed by atoms with E-state index in [9.17, 15) is 4.79 Å². The topological polar surface area (TPSA) is 69.0 Å². The number of carbonyl (C=O) groups is 1. The van der Waals surface area contributed by atoms with Gasteiger partial charge in [-0.2, -0.15) is 0 Å². The SMILES string of the molecule is C=CCNC(=O)[C@@H](C)Sc1nnc(COc2ccc(Cl)cc2)n1C. The van der Waals surface area contributed by atoms with Crippen LogP contribution in [0.15, 0.2) is 42.1 Å². The average molecular weight is 367 g/mol. The summed E-state index contributed by atoms with van der Waals surface area (Å²) in [5.74, 6) is 1.31. The van der Waals surface area contributed by atoms with Crippen molar-refractivity contribution in [2.24, 2.45) is 7.05 Å². The summed E-state index contributed by atoms with van der Waals surface area (Å²) in [6, 6.07) is 7.11. The van der Waals surface area contributed by atoms with Crippen LogP contribution in [0, 0.1) is 0 Å². The van der Waals surface area contributed by atoms with Crippen molar-refractivity contribution in [2.45, 2.75) is 23.9 Å². The number of thioether (sulfide) groups is 1. The van der Waals surface area contributed by atoms with Gasteiger partial charge in [0.15, 0.2) is 11.0 Å². The fourth-order valence-corrected chi connectivity index (χ4v) is 2.76. The Bertz CT molecular complexity index is 703. The number of aromatic nitrogens is 3. The van der Waals surface area contributed by atoms with Gasteiger partial charge in [-0.1, -0.05) is 29.4 Å². The zero-order chi connectivity index (χ0) is 17.5. The summed E-state index contributed by atoms with van der Waals surface area (Å²) in [6.45, 7) is 6.12. The summed E-state index contributed by atoms with van der Waals surface area (Å²) in [5.41, 5.74) is 0. The van der Waals surface area contributed by atoms with Crippen molar-refractivity contribution in [3.05, 3.63) is 47.8 Å². The third-order valence-electron chi connectivity index (χ3n) is 3.18. The lowest BCUT2D eigenvalue weighted by Gasteiger charge is -2.10. The van der Waals surface area contributed by atoms with Gasteiger partial charge in [0.2, 0.25) is 5.91 Å². The lowest BCUT2D eigenvalue weighted by atomic mass is 10.3. The molecule has 0 aliphatic heterocycles. The first-order valence-corrected chi connectivity index (χ1v) is 8.59. The van der Waals surface area contributed by atoms with Gasteiger partial charge in [0.05, 0.1) is 5.25 Å². The minimum Gasteiger partial charge on any atom is -0.486 e. The minimum absolute atomic E-state index is 0.0677. The maximum absolute atomic E-state index is 11.9. The number of carbonyl (C=O) groups excluding carboxylic acids is 1. The van der Waals surface area contributed by atoms with Crippen LogP contribution in [0.4, 0.5) is 0 Å². The summed E-state index contributed by atoms with van der Waals surface area (Å²) >= 11 is 7.18. The van der Waals surface area contributed by atoms with Crippen LogP contribution in [-0.4, -0.2) is 32.5 Å². The molecule has 128 valence electrons. The van der Waals surface area contributed by atoms with Gasteiger partial charge in [-0.05, 0) is 31.2 Å². The van der Waals surface area contributed by atoms with E-state index in [-0.39, 0.29) is 17.8 Å². The molecular formula is C16H19ClN4O2S. The van der Waals surface area contributed by atoms with Gasteiger partial charge in [-0.25, -0.2) is 0 Å². The van der Waals surface area contributed by atoms with Crippen molar-refractivity contribution < 1.29 is 9.53 Å². The minimum atomic E-state index is -0.280. The Balaban J connectivity index is 1.94. The Hall–Kier alpha value is -1.99. The molecule has 2 aromatic rings. The van der Waals surface area contributed by atoms with E-state index >= 15 is 0 Å². The van der Waals surface area contributed by atoms with Gasteiger partial charge >= 0.3 is 0 Å². The van der Waals surface area contributed by atoms with Gasteiger partial charge in [0.1, 0.15) is 12.4 Å². The number of amides is 1. The molecule has 0 aliphatic carbocycles. The second kappa shape index (κ2) is 8.75. The summed E-state index contributed by atoms with van der Waals surface area (Å²) in [7, 11) is 1.84. The van der Waals surface area contributed by atoms with Crippen LogP contribution in [-0.2, 0) is 18.4 Å². The molecule has 0 spiro atoms. The normalized spacial score (nSPS) is 11.8. The number of hydrogen-bond donors (Lipinski definition) is 1. The van der Waals surface area contributed by atoms with E-state index in [1.807, 2.05) is 18.5 Å². The van der Waals surface area contributed by atoms with Crippen molar-refractivity contribution in [2.75, 3.05) is 6.54 Å². The third kappa shape index (κ3) is 5.01. The van der Waals surface area contributed by atoms with Crippen LogP contribution in [0.25, 0.3) is 0 Å². The molecule has 1 amide bonds. The van der Waals surface area contributed by atoms with Gasteiger partial charge in [-0.3, -0.25) is 4.79 Å². The van der Waals surface area contributed by atoms with Crippen molar-refractivity contribution >= 4 is 29.3 Å². The Morgan fingerprint density at radius 2 is 2.17 bits per heavy atom. The molecule has 1 N–H and O–H groups in total. The van der Waals surface area contributed by atoms with E-state index in [1.165, 1.54) is 11.8 Å². The summed E-state index contributed by atoms with van der Waals surface area (Å²) in [6.07, 6.45) is 1.64. The molecule has 0 bridgehead atoms. The highest BCUT2D eigenvalue weighted by Crippen LogP contribution is 2.22. The Labute approximate surface area is 150 Å². The molecule has 24 heavy (non-hydrogen) atoms. The summed E-state index contributed by atoms with van der Waals surface area (Å²) < 4.78 is 7.48. The number of halogens is 1. The Morgan fingerprint density at radius 1 is 1.46 bits per heavy atom. The molecule has 1 heterocycles. The smallest absolute Gasteiger partial charge is 0.233 e. The lowest BCUT2D eigenvalue weighted by molar-refractivity contribution is -0.120. The van der Waals surface area contributed by atoms with Crippen LogP contribution < -0.4 is 10.1 Å². The molecule has 0 aliphatic rings. The predicted molar refractivity (Wildman–Crippen MR) is 95.3 cm³/mol. The lowest BCUT2D eigenvalue weighted by Crippen LogP contribution is -2.31. The predicted octanol–water partition coefficient (Wildman–Crippen LogP) is 2.83. The molecule has 0 radical (unpaired) electrons. The molecule has 0 fully saturated rings. The molecule has 2 rings (SSSR count). The maximum Gasteiger partial charge on any atom is 0.233 e. The molecule has 0 saturated heterocycles. The van der Waals surface area contributed by atoms with Crippen LogP contribution in [0.2, 0.25) is 5.02 Å². The van der Waals surface area contributed by atoms with Crippen LogP contribution in [0.3, 0.4) is 0 Å². The Morgan fingerprint density at radius 3 is 2.83 bits per heavy atom. The number of ether oxygens (including phenoxy) is 1. The monoisotopic (exact) mass is 366 g/mol. The highest BCUT2D eigenvalue weighted by molar-refractivity contribution is 8.00. The number of benzene rings is 1. The number of hydrogen-bond acceptors (Lipinski definition) is 5. The fraction of sp³-hybridized carbons (Fsp3) is 0.312. The van der Waals surface area contributed by atoms with Crippen molar-refractivity contribution in [3.8, 4) is 5.75 Å². The van der Waals surface area contributed by atoms with Crippen LogP contribution >= 0.6 is 23.4 Å². The summed E-state index contributed by atoms with van der Waals surface area (Å²) in [5, 5.41) is 12.0. The number of nitrogens with one attached hydrogen (secondary N) is 1. The largest absolute Gasteiger partial charge is 0.486 e. The zero-order valence-corrected chi connectivity index (χ0v) is 15.1. The highest BCUT2D eigenvalue weighted by atomic mass is 35.5. The summed E-state index contributed by atoms with van der Waals surface area (Å²) in [4.78, 5) is 11.9. The van der Waals surface area contributed by atoms with E-state index < -0.39 is 0 Å². The standard InChI is InChI=1S/C16H19ClN4O2S/c1-4-9-18-15(22)11(2)24-16-20-19-14(21(16)3)10-23-13-7-5-12(17)6-8-13/h4-8,11H,1,9-10H2,2-3H3,(H,18,22)/t11-/m1/s1. The van der Waals surface area contributed by atoms with E-state index in [0.717, 1.165) is 0 Å². The zero-order valence-electron chi connectivity index (χ0n) is 13.5. The first kappa shape index (κ1) is 18.4. The molecule has 8 heteroatoms. The van der Waals surface area contributed by atoms with Crippen molar-refractivity contribution in [1.82, 2.24) is 20.1 Å². The molecule has 6 nitrogen and oxygen atoms in total. The van der Waals surface area contributed by atoms with Gasteiger partial charge < -0.3 is 14.6 Å². The van der Waals surface area contributed by atoms with Crippen LogP contribution in [0.1, 0.15) is 12.7 Å². The van der Waals surface area contributed by atoms with Crippen molar-refractivity contribution in [3.63, 3.8) is 0 Å². The maximum atomic E-state index is 11.9. The first-order valence-electron chi connectivity index (χ1n) is 7.33. The third-order valence-corrected chi connectivity index (χ3v) is 4.56. The molecule has 1 aromatic heterocycles. The number of rotatable bonds is 8. The van der Waals surface area contributed by atoms with Gasteiger partial charge in [0.25, 0.3) is 0 Å². The van der Waals surface area contributed by atoms with E-state index in [1.54, 1.807) is 30.3 Å². The second-order valence-electron chi connectivity index (χ2n) is 4.99. The van der Waals surface area contributed by atoms with Crippen molar-refractivity contribution in [1.29, 1.82) is 0 Å². The van der Waals surface area contributed by atoms with E-state index in [2.05, 4.69) is 22.1 Å². The van der Waals surface area contributed by atoms with Gasteiger partial charge in [0, 0.05) is 18.6 Å².